The van der Waals surface area contributed by atoms with Gasteiger partial charge in [0, 0.05) is 31.3 Å². The Bertz CT molecular complexity index is 497. The van der Waals surface area contributed by atoms with Crippen molar-refractivity contribution in [3.8, 4) is 0 Å². The lowest BCUT2D eigenvalue weighted by Gasteiger charge is -2.17. The summed E-state index contributed by atoms with van der Waals surface area (Å²) in [6.07, 6.45) is 0. The third-order valence-electron chi connectivity index (χ3n) is 4.11. The van der Waals surface area contributed by atoms with Crippen LogP contribution in [-0.2, 0) is 6.54 Å². The number of hydrogen-bond acceptors (Lipinski definition) is 4. The van der Waals surface area contributed by atoms with E-state index < -0.39 is 16.4 Å². The highest BCUT2D eigenvalue weighted by Gasteiger charge is 2.36. The van der Waals surface area contributed by atoms with E-state index >= 15 is 0 Å². The molecule has 2 saturated heterocycles. The van der Waals surface area contributed by atoms with Crippen molar-refractivity contribution < 1.29 is 9.31 Å². The number of benzene rings is 1. The summed E-state index contributed by atoms with van der Waals surface area (Å²) in [5, 5.41) is 14.1. The fraction of sp³-hybridized carbons (Fsp3) is 0.538. The summed E-state index contributed by atoms with van der Waals surface area (Å²) < 4.78 is 14.0. The second kappa shape index (κ2) is 4.86. The number of likely N-dealkylation sites (tertiary alicyclic amines) is 1. The van der Waals surface area contributed by atoms with E-state index in [0.717, 1.165) is 26.2 Å². The van der Waals surface area contributed by atoms with Crippen LogP contribution < -0.4 is 5.32 Å². The number of nitrogens with one attached hydrogen (secondary N) is 1. The van der Waals surface area contributed by atoms with Crippen LogP contribution in [0.15, 0.2) is 18.2 Å². The van der Waals surface area contributed by atoms with E-state index in [2.05, 4.69) is 10.2 Å². The summed E-state index contributed by atoms with van der Waals surface area (Å²) in [6, 6.07) is 4.39. The van der Waals surface area contributed by atoms with Gasteiger partial charge in [0.05, 0.1) is 4.92 Å². The first-order valence-electron chi connectivity index (χ1n) is 6.50. The van der Waals surface area contributed by atoms with E-state index in [1.54, 1.807) is 12.1 Å². The van der Waals surface area contributed by atoms with Gasteiger partial charge in [0.1, 0.15) is 0 Å². The molecule has 6 heteroatoms. The second-order valence-electron chi connectivity index (χ2n) is 5.38. The van der Waals surface area contributed by atoms with E-state index in [-0.39, 0.29) is 0 Å². The van der Waals surface area contributed by atoms with Crippen LogP contribution in [0.5, 0.6) is 0 Å². The topological polar surface area (TPSA) is 58.4 Å². The second-order valence-corrected chi connectivity index (χ2v) is 5.38. The number of hydrogen-bond donors (Lipinski definition) is 1. The highest BCUT2D eigenvalue weighted by atomic mass is 19.1. The Labute approximate surface area is 110 Å². The maximum absolute atomic E-state index is 14.0. The van der Waals surface area contributed by atoms with Gasteiger partial charge in [-0.25, -0.2) is 0 Å². The number of nitro groups is 1. The van der Waals surface area contributed by atoms with Crippen molar-refractivity contribution in [3.63, 3.8) is 0 Å². The standard InChI is InChI=1S/C13H16FN3O2/c14-13-9(2-1-3-12(13)17(18)19)6-16-7-10-4-15-5-11(10)8-16/h1-3,10-11,15H,4-8H2. The van der Waals surface area contributed by atoms with Gasteiger partial charge in [-0.1, -0.05) is 12.1 Å². The lowest BCUT2D eigenvalue weighted by Crippen LogP contribution is -2.25. The summed E-state index contributed by atoms with van der Waals surface area (Å²) in [4.78, 5) is 12.2. The Hall–Kier alpha value is -1.53. The smallest absolute Gasteiger partial charge is 0.305 e. The Morgan fingerprint density at radius 2 is 2.05 bits per heavy atom. The molecule has 2 fully saturated rings. The van der Waals surface area contributed by atoms with Crippen molar-refractivity contribution in [2.45, 2.75) is 6.54 Å². The average Bonchev–Trinajstić information content (AvgIpc) is 2.92. The predicted octanol–water partition coefficient (Wildman–Crippen LogP) is 1.39. The van der Waals surface area contributed by atoms with Crippen molar-refractivity contribution in [1.82, 2.24) is 10.2 Å². The first-order valence-corrected chi connectivity index (χ1v) is 6.50. The molecule has 3 rings (SSSR count). The van der Waals surface area contributed by atoms with Gasteiger partial charge in [0.2, 0.25) is 5.82 Å². The van der Waals surface area contributed by atoms with Crippen molar-refractivity contribution in [1.29, 1.82) is 0 Å². The summed E-state index contributed by atoms with van der Waals surface area (Å²) in [5.74, 6) is 0.589. The molecule has 0 aromatic heterocycles. The van der Waals surface area contributed by atoms with Crippen LogP contribution >= 0.6 is 0 Å². The third-order valence-corrected chi connectivity index (χ3v) is 4.11. The molecule has 2 atom stereocenters. The predicted molar refractivity (Wildman–Crippen MR) is 68.2 cm³/mol. The number of rotatable bonds is 3. The van der Waals surface area contributed by atoms with Crippen molar-refractivity contribution >= 4 is 5.69 Å². The van der Waals surface area contributed by atoms with Crippen LogP contribution in [0.3, 0.4) is 0 Å². The van der Waals surface area contributed by atoms with E-state index in [4.69, 9.17) is 0 Å². The molecular formula is C13H16FN3O2. The Morgan fingerprint density at radius 1 is 1.37 bits per heavy atom. The van der Waals surface area contributed by atoms with Crippen molar-refractivity contribution in [3.05, 3.63) is 39.7 Å². The minimum absolute atomic E-state index is 0.419. The van der Waals surface area contributed by atoms with Gasteiger partial charge in [0.15, 0.2) is 0 Å². The minimum Gasteiger partial charge on any atom is -0.316 e. The minimum atomic E-state index is -0.692. The molecule has 2 aliphatic heterocycles. The zero-order valence-corrected chi connectivity index (χ0v) is 10.5. The largest absolute Gasteiger partial charge is 0.316 e. The molecule has 1 aromatic carbocycles. The van der Waals surface area contributed by atoms with E-state index in [0.29, 0.717) is 23.9 Å². The van der Waals surface area contributed by atoms with Gasteiger partial charge in [-0.05, 0) is 24.9 Å². The SMILES string of the molecule is O=[N+]([O-])c1cccc(CN2CC3CNCC3C2)c1F. The van der Waals surface area contributed by atoms with Crippen LogP contribution in [0.2, 0.25) is 0 Å². The summed E-state index contributed by atoms with van der Waals surface area (Å²) >= 11 is 0. The zero-order chi connectivity index (χ0) is 13.4. The average molecular weight is 265 g/mol. The van der Waals surface area contributed by atoms with Crippen LogP contribution in [0.25, 0.3) is 0 Å². The van der Waals surface area contributed by atoms with Crippen LogP contribution in [0.4, 0.5) is 10.1 Å². The lowest BCUT2D eigenvalue weighted by molar-refractivity contribution is -0.387. The molecule has 2 unspecified atom stereocenters. The molecule has 0 radical (unpaired) electrons. The fourth-order valence-corrected chi connectivity index (χ4v) is 3.15. The number of nitro benzene ring substituents is 1. The van der Waals surface area contributed by atoms with Gasteiger partial charge >= 0.3 is 5.69 Å². The number of nitrogens with zero attached hydrogens (tertiary/aromatic N) is 2. The first kappa shape index (κ1) is 12.5. The zero-order valence-electron chi connectivity index (χ0n) is 10.5. The molecule has 0 saturated carbocycles. The van der Waals surface area contributed by atoms with Gasteiger partial charge in [0.25, 0.3) is 0 Å². The molecule has 2 aliphatic rings. The highest BCUT2D eigenvalue weighted by molar-refractivity contribution is 5.36. The molecule has 0 amide bonds. The maximum atomic E-state index is 14.0. The molecule has 1 aromatic rings. The van der Waals surface area contributed by atoms with E-state index in [9.17, 15) is 14.5 Å². The highest BCUT2D eigenvalue weighted by Crippen LogP contribution is 2.29. The number of halogens is 1. The summed E-state index contributed by atoms with van der Waals surface area (Å²) in [5.41, 5.74) is -0.0132. The molecule has 19 heavy (non-hydrogen) atoms. The van der Waals surface area contributed by atoms with Crippen LogP contribution in [0, 0.1) is 27.8 Å². The quantitative estimate of drug-likeness (QED) is 0.662. The monoisotopic (exact) mass is 265 g/mol. The lowest BCUT2D eigenvalue weighted by atomic mass is 10.0. The first-order chi connectivity index (χ1) is 9.15. The molecule has 0 bridgehead atoms. The number of fused-ring (bicyclic) bond motifs is 1. The van der Waals surface area contributed by atoms with E-state index in [1.807, 2.05) is 0 Å². The van der Waals surface area contributed by atoms with Crippen LogP contribution in [0.1, 0.15) is 5.56 Å². The third kappa shape index (κ3) is 2.33. The van der Waals surface area contributed by atoms with Gasteiger partial charge in [-0.15, -0.1) is 0 Å². The van der Waals surface area contributed by atoms with Crippen molar-refractivity contribution in [2.75, 3.05) is 26.2 Å². The normalized spacial score (nSPS) is 26.6. The maximum Gasteiger partial charge on any atom is 0.305 e. The fourth-order valence-electron chi connectivity index (χ4n) is 3.15. The Balaban J connectivity index is 1.74. The van der Waals surface area contributed by atoms with Gasteiger partial charge in [-0.3, -0.25) is 15.0 Å². The molecule has 5 nitrogen and oxygen atoms in total. The molecule has 0 aliphatic carbocycles. The molecule has 102 valence electrons. The summed E-state index contributed by atoms with van der Waals surface area (Å²) in [7, 11) is 0. The molecule has 1 N–H and O–H groups in total. The Kier molecular flexibility index (Phi) is 3.20. The Morgan fingerprint density at radius 3 is 2.68 bits per heavy atom. The van der Waals surface area contributed by atoms with E-state index in [1.165, 1.54) is 6.07 Å². The molecule has 2 heterocycles. The van der Waals surface area contributed by atoms with Crippen molar-refractivity contribution in [2.24, 2.45) is 11.8 Å². The van der Waals surface area contributed by atoms with Crippen LogP contribution in [-0.4, -0.2) is 36.0 Å². The molecule has 0 spiro atoms. The van der Waals surface area contributed by atoms with Gasteiger partial charge < -0.3 is 5.32 Å². The summed E-state index contributed by atoms with van der Waals surface area (Å²) in [6.45, 7) is 4.40. The van der Waals surface area contributed by atoms with Gasteiger partial charge in [-0.2, -0.15) is 4.39 Å². The molecular weight excluding hydrogens is 249 g/mol.